The highest BCUT2D eigenvalue weighted by molar-refractivity contribution is 8.00. The van der Waals surface area contributed by atoms with Crippen LogP contribution in [0.15, 0.2) is 0 Å². The standard InChI is InChI=1S/C6H9N5O3S/c7-5(13)6-8-10-11(9-6)3-2-15-4(1-12)14-3/h3-4,12H,1-2H2,(H2,7,13)/t3-,4-/m0/s1. The van der Waals surface area contributed by atoms with Gasteiger partial charge in [-0.25, -0.2) is 0 Å². The number of ether oxygens (including phenoxy) is 1. The first kappa shape index (κ1) is 10.3. The van der Waals surface area contributed by atoms with E-state index in [2.05, 4.69) is 15.4 Å². The Labute approximate surface area is 88.8 Å². The zero-order valence-corrected chi connectivity index (χ0v) is 8.42. The van der Waals surface area contributed by atoms with Crippen LogP contribution in [0.2, 0.25) is 0 Å². The van der Waals surface area contributed by atoms with Gasteiger partial charge in [0.2, 0.25) is 0 Å². The molecule has 1 fully saturated rings. The van der Waals surface area contributed by atoms with E-state index in [0.29, 0.717) is 5.75 Å². The largest absolute Gasteiger partial charge is 0.393 e. The summed E-state index contributed by atoms with van der Waals surface area (Å²) < 4.78 is 5.35. The van der Waals surface area contributed by atoms with Crippen molar-refractivity contribution in [2.45, 2.75) is 11.7 Å². The Morgan fingerprint density at radius 1 is 1.80 bits per heavy atom. The summed E-state index contributed by atoms with van der Waals surface area (Å²) in [6.07, 6.45) is -0.409. The van der Waals surface area contributed by atoms with Gasteiger partial charge in [0.05, 0.1) is 6.61 Å². The highest BCUT2D eigenvalue weighted by atomic mass is 32.2. The summed E-state index contributed by atoms with van der Waals surface area (Å²) in [6, 6.07) is 0. The van der Waals surface area contributed by atoms with Gasteiger partial charge >= 0.3 is 0 Å². The lowest BCUT2D eigenvalue weighted by atomic mass is 10.6. The topological polar surface area (TPSA) is 116 Å². The number of thioether (sulfide) groups is 1. The molecule has 2 atom stereocenters. The predicted molar refractivity (Wildman–Crippen MR) is 49.8 cm³/mol. The number of carbonyl (C=O) groups excluding carboxylic acids is 1. The minimum Gasteiger partial charge on any atom is -0.393 e. The molecule has 1 aliphatic heterocycles. The van der Waals surface area contributed by atoms with Crippen LogP contribution in [0.1, 0.15) is 16.8 Å². The molecule has 0 saturated carbocycles. The van der Waals surface area contributed by atoms with Crippen LogP contribution >= 0.6 is 11.8 Å². The first-order valence-corrected chi connectivity index (χ1v) is 5.23. The second kappa shape index (κ2) is 4.13. The minimum absolute atomic E-state index is 0.0709. The fourth-order valence-electron chi connectivity index (χ4n) is 1.11. The molecule has 0 radical (unpaired) electrons. The summed E-state index contributed by atoms with van der Waals surface area (Å²) in [4.78, 5) is 11.9. The van der Waals surface area contributed by atoms with Crippen LogP contribution in [0.5, 0.6) is 0 Å². The van der Waals surface area contributed by atoms with Gasteiger partial charge in [-0.05, 0) is 5.21 Å². The van der Waals surface area contributed by atoms with E-state index >= 15 is 0 Å². The van der Waals surface area contributed by atoms with Gasteiger partial charge in [-0.15, -0.1) is 26.8 Å². The number of nitrogens with two attached hydrogens (primary N) is 1. The molecular formula is C6H9N5O3S. The van der Waals surface area contributed by atoms with Gasteiger partial charge in [-0.1, -0.05) is 0 Å². The van der Waals surface area contributed by atoms with Gasteiger partial charge in [-0.2, -0.15) is 0 Å². The highest BCUT2D eigenvalue weighted by Gasteiger charge is 2.28. The molecule has 9 heteroatoms. The summed E-state index contributed by atoms with van der Waals surface area (Å²) in [5.41, 5.74) is 4.70. The van der Waals surface area contributed by atoms with E-state index < -0.39 is 12.1 Å². The molecule has 1 aromatic heterocycles. The minimum atomic E-state index is -0.731. The summed E-state index contributed by atoms with van der Waals surface area (Å²) in [5.74, 6) is -0.276. The van der Waals surface area contributed by atoms with Crippen LogP contribution in [0, 0.1) is 0 Å². The second-order valence-corrected chi connectivity index (χ2v) is 4.03. The van der Waals surface area contributed by atoms with Crippen molar-refractivity contribution in [3.63, 3.8) is 0 Å². The van der Waals surface area contributed by atoms with Crippen LogP contribution in [0.25, 0.3) is 0 Å². The number of nitrogens with zero attached hydrogens (tertiary/aromatic N) is 4. The SMILES string of the molecule is NC(=O)c1nnn([C@@H]2CS[C@@H](CO)O2)n1. The van der Waals surface area contributed by atoms with Gasteiger partial charge < -0.3 is 15.6 Å². The van der Waals surface area contributed by atoms with Crippen LogP contribution < -0.4 is 5.73 Å². The molecule has 1 saturated heterocycles. The van der Waals surface area contributed by atoms with Gasteiger partial charge in [0.25, 0.3) is 11.7 Å². The molecule has 2 rings (SSSR count). The molecule has 1 aliphatic rings. The number of hydrogen-bond acceptors (Lipinski definition) is 7. The van der Waals surface area contributed by atoms with Crippen LogP contribution in [0.3, 0.4) is 0 Å². The molecule has 3 N–H and O–H groups in total. The Bertz CT molecular complexity index is 369. The van der Waals surface area contributed by atoms with Gasteiger partial charge in [0.1, 0.15) is 5.44 Å². The maximum Gasteiger partial charge on any atom is 0.290 e. The van der Waals surface area contributed by atoms with Crippen LogP contribution in [0.4, 0.5) is 0 Å². The normalized spacial score (nSPS) is 25.7. The van der Waals surface area contributed by atoms with Crippen molar-refractivity contribution < 1.29 is 14.6 Å². The third-order valence-corrected chi connectivity index (χ3v) is 2.90. The van der Waals surface area contributed by atoms with E-state index in [-0.39, 0.29) is 17.9 Å². The van der Waals surface area contributed by atoms with E-state index in [0.717, 1.165) is 0 Å². The number of primary amides is 1. The third-order valence-electron chi connectivity index (χ3n) is 1.79. The Kier molecular flexibility index (Phi) is 2.84. The quantitative estimate of drug-likeness (QED) is 0.640. The number of hydrogen-bond donors (Lipinski definition) is 2. The maximum atomic E-state index is 10.7. The lowest BCUT2D eigenvalue weighted by molar-refractivity contribution is -0.0191. The van der Waals surface area contributed by atoms with E-state index in [9.17, 15) is 4.79 Å². The van der Waals surface area contributed by atoms with Gasteiger partial charge in [0, 0.05) is 5.75 Å². The Balaban J connectivity index is 2.07. The summed E-state index contributed by atoms with van der Waals surface area (Å²) >= 11 is 1.45. The fourth-order valence-corrected chi connectivity index (χ4v) is 2.01. The number of aliphatic hydroxyl groups is 1. The molecule has 0 bridgehead atoms. The molecule has 0 unspecified atom stereocenters. The monoisotopic (exact) mass is 231 g/mol. The highest BCUT2D eigenvalue weighted by Crippen LogP contribution is 2.30. The predicted octanol–water partition coefficient (Wildman–Crippen LogP) is -1.65. The number of tetrazole rings is 1. The van der Waals surface area contributed by atoms with Crippen molar-refractivity contribution in [1.82, 2.24) is 20.2 Å². The van der Waals surface area contributed by atoms with Crippen molar-refractivity contribution in [3.05, 3.63) is 5.82 Å². The Hall–Kier alpha value is -1.19. The van der Waals surface area contributed by atoms with Crippen molar-refractivity contribution >= 4 is 17.7 Å². The second-order valence-electron chi connectivity index (χ2n) is 2.83. The maximum absolute atomic E-state index is 10.7. The Morgan fingerprint density at radius 3 is 3.13 bits per heavy atom. The summed E-state index contributed by atoms with van der Waals surface area (Å²) in [5, 5.41) is 19.7. The Morgan fingerprint density at radius 2 is 2.60 bits per heavy atom. The smallest absolute Gasteiger partial charge is 0.290 e. The molecule has 8 nitrogen and oxygen atoms in total. The van der Waals surface area contributed by atoms with E-state index in [1.165, 1.54) is 16.6 Å². The number of aliphatic hydroxyl groups excluding tert-OH is 1. The zero-order valence-electron chi connectivity index (χ0n) is 7.61. The van der Waals surface area contributed by atoms with Gasteiger partial charge in [-0.3, -0.25) is 4.79 Å². The first-order chi connectivity index (χ1) is 7.20. The van der Waals surface area contributed by atoms with E-state index in [4.69, 9.17) is 15.6 Å². The van der Waals surface area contributed by atoms with E-state index in [1.54, 1.807) is 0 Å². The molecule has 82 valence electrons. The molecule has 2 heterocycles. The average molecular weight is 231 g/mol. The third kappa shape index (κ3) is 2.08. The molecule has 0 spiro atoms. The van der Waals surface area contributed by atoms with Gasteiger partial charge in [0.15, 0.2) is 6.23 Å². The summed E-state index contributed by atoms with van der Waals surface area (Å²) in [6.45, 7) is -0.0709. The molecule has 1 amide bonds. The molecule has 0 aliphatic carbocycles. The van der Waals surface area contributed by atoms with Crippen molar-refractivity contribution in [1.29, 1.82) is 0 Å². The van der Waals surface area contributed by atoms with Crippen LogP contribution in [-0.4, -0.2) is 49.0 Å². The lowest BCUT2D eigenvalue weighted by Gasteiger charge is -2.08. The lowest BCUT2D eigenvalue weighted by Crippen LogP contribution is -2.18. The number of rotatable bonds is 3. The van der Waals surface area contributed by atoms with Crippen molar-refractivity contribution in [3.8, 4) is 0 Å². The summed E-state index contributed by atoms with van der Waals surface area (Å²) in [7, 11) is 0. The van der Waals surface area contributed by atoms with Crippen LogP contribution in [-0.2, 0) is 4.74 Å². The number of carbonyl (C=O) groups is 1. The number of aromatic nitrogens is 4. The number of amides is 1. The molecule has 1 aromatic rings. The van der Waals surface area contributed by atoms with Crippen molar-refractivity contribution in [2.75, 3.05) is 12.4 Å². The van der Waals surface area contributed by atoms with E-state index in [1.807, 2.05) is 0 Å². The van der Waals surface area contributed by atoms with Crippen molar-refractivity contribution in [2.24, 2.45) is 5.73 Å². The molecular weight excluding hydrogens is 222 g/mol. The zero-order chi connectivity index (χ0) is 10.8. The fraction of sp³-hybridized carbons (Fsp3) is 0.667. The first-order valence-electron chi connectivity index (χ1n) is 4.18. The molecule has 0 aromatic carbocycles. The average Bonchev–Trinajstić information content (AvgIpc) is 2.86. The molecule has 15 heavy (non-hydrogen) atoms.